The molecule has 0 aromatic heterocycles. The standard InChI is InChI=1S/C7H5NO3S.C4H5NO4S/c9-7-5-3-1-2-4-6(5)12(10,11)8-7;1-3-2-4(6)5-10(7,8)9-3/h1-4H,(H,8,9);2H,1H3,(H,5,6)/p-2. The second-order valence-corrected chi connectivity index (χ2v) is 6.84. The van der Waals surface area contributed by atoms with E-state index in [9.17, 15) is 27.0 Å². The Morgan fingerprint density at radius 1 is 1.05 bits per heavy atom. The summed E-state index contributed by atoms with van der Waals surface area (Å²) in [6, 6.07) is 5.99. The van der Waals surface area contributed by atoms with E-state index in [0.717, 1.165) is 6.08 Å². The van der Waals surface area contributed by atoms with Crippen molar-refractivity contribution in [2.75, 3.05) is 0 Å². The van der Waals surface area contributed by atoms with Crippen molar-refractivity contribution in [3.63, 3.8) is 0 Å². The molecule has 1 aromatic rings. The molecule has 0 radical (unpaired) electrons. The fourth-order valence-electron chi connectivity index (χ4n) is 1.59. The van der Waals surface area contributed by atoms with Gasteiger partial charge in [-0.05, 0) is 19.1 Å². The maximum Gasteiger partial charge on any atom is 0.427 e. The zero-order chi connectivity index (χ0) is 16.5. The fraction of sp³-hybridized carbons (Fsp3) is 0.0909. The van der Waals surface area contributed by atoms with Crippen LogP contribution >= 0.6 is 0 Å². The summed E-state index contributed by atoms with van der Waals surface area (Å²) in [7, 11) is -7.65. The van der Waals surface area contributed by atoms with Crippen molar-refractivity contribution < 1.29 is 31.2 Å². The first-order chi connectivity index (χ1) is 10.1. The Labute approximate surface area is 126 Å². The van der Waals surface area contributed by atoms with Crippen molar-refractivity contribution in [3.05, 3.63) is 41.7 Å². The van der Waals surface area contributed by atoms with Gasteiger partial charge < -0.3 is 14.4 Å². The summed E-state index contributed by atoms with van der Waals surface area (Å²) in [4.78, 5) is 0.00926. The number of allylic oxidation sites excluding steroid dienone is 1. The van der Waals surface area contributed by atoms with Crippen LogP contribution in [0.1, 0.15) is 12.5 Å². The van der Waals surface area contributed by atoms with Crippen LogP contribution in [-0.2, 0) is 24.5 Å². The molecule has 2 heterocycles. The largest absolute Gasteiger partial charge is 0.858 e. The minimum Gasteiger partial charge on any atom is -0.858 e. The highest BCUT2D eigenvalue weighted by atomic mass is 32.2. The molecule has 2 aliphatic rings. The first-order valence-electron chi connectivity index (χ1n) is 5.62. The van der Waals surface area contributed by atoms with Crippen molar-refractivity contribution >= 4 is 32.1 Å². The van der Waals surface area contributed by atoms with Gasteiger partial charge in [0, 0.05) is 17.4 Å². The van der Waals surface area contributed by atoms with E-state index in [2.05, 4.69) is 13.0 Å². The highest BCUT2D eigenvalue weighted by Crippen LogP contribution is 2.23. The smallest absolute Gasteiger partial charge is 0.427 e. The third-order valence-electron chi connectivity index (χ3n) is 2.36. The van der Waals surface area contributed by atoms with Gasteiger partial charge in [-0.15, -0.1) is 4.40 Å². The quantitative estimate of drug-likeness (QED) is 0.551. The van der Waals surface area contributed by atoms with E-state index < -0.39 is 32.1 Å². The van der Waals surface area contributed by atoms with Gasteiger partial charge in [0.25, 0.3) is 10.0 Å². The second kappa shape index (κ2) is 5.42. The maximum atomic E-state index is 11.1. The van der Waals surface area contributed by atoms with E-state index in [1.807, 2.05) is 0 Å². The van der Waals surface area contributed by atoms with Crippen LogP contribution in [0.4, 0.5) is 0 Å². The number of benzene rings is 1. The van der Waals surface area contributed by atoms with Gasteiger partial charge in [-0.3, -0.25) is 0 Å². The van der Waals surface area contributed by atoms with Gasteiger partial charge in [0.15, 0.2) is 0 Å². The van der Waals surface area contributed by atoms with E-state index in [1.165, 1.54) is 19.1 Å². The lowest BCUT2D eigenvalue weighted by Crippen LogP contribution is -2.21. The van der Waals surface area contributed by atoms with E-state index in [0.29, 0.717) is 0 Å². The number of hydrogen-bond donors (Lipinski definition) is 0. The molecule has 0 unspecified atom stereocenters. The molecule has 0 saturated carbocycles. The van der Waals surface area contributed by atoms with E-state index in [1.54, 1.807) is 12.1 Å². The highest BCUT2D eigenvalue weighted by Gasteiger charge is 2.22. The lowest BCUT2D eigenvalue weighted by molar-refractivity contribution is -0.212. The summed E-state index contributed by atoms with van der Waals surface area (Å²) in [5.41, 5.74) is 0.164. The van der Waals surface area contributed by atoms with E-state index >= 15 is 0 Å². The normalized spacial score (nSPS) is 20.3. The molecule has 9 nitrogen and oxygen atoms in total. The van der Waals surface area contributed by atoms with Crippen LogP contribution in [0.3, 0.4) is 0 Å². The molecule has 0 N–H and O–H groups in total. The second-order valence-electron chi connectivity index (χ2n) is 4.06. The predicted octanol–water partition coefficient (Wildman–Crippen LogP) is -1.58. The Morgan fingerprint density at radius 2 is 1.68 bits per heavy atom. The van der Waals surface area contributed by atoms with E-state index in [4.69, 9.17) is 0 Å². The van der Waals surface area contributed by atoms with Gasteiger partial charge in [-0.2, -0.15) is 21.2 Å². The van der Waals surface area contributed by atoms with Gasteiger partial charge in [-0.1, -0.05) is 18.2 Å². The van der Waals surface area contributed by atoms with Crippen LogP contribution in [0.2, 0.25) is 0 Å². The summed E-state index contributed by atoms with van der Waals surface area (Å²) in [6.07, 6.45) is 1.00. The molecule has 0 fully saturated rings. The monoisotopic (exact) mass is 344 g/mol. The number of sulfonamides is 1. The molecule has 0 saturated heterocycles. The van der Waals surface area contributed by atoms with Crippen LogP contribution in [-0.4, -0.2) is 28.6 Å². The van der Waals surface area contributed by atoms with E-state index in [-0.39, 0.29) is 16.2 Å². The number of fused-ring (bicyclic) bond motifs is 1. The van der Waals surface area contributed by atoms with Gasteiger partial charge in [0.1, 0.15) is 5.76 Å². The van der Waals surface area contributed by atoms with Crippen molar-refractivity contribution in [2.45, 2.75) is 11.8 Å². The summed E-state index contributed by atoms with van der Waals surface area (Å²) in [6.45, 7) is 1.37. The van der Waals surface area contributed by atoms with Crippen molar-refractivity contribution in [1.82, 2.24) is 0 Å². The van der Waals surface area contributed by atoms with Crippen LogP contribution in [0, 0.1) is 0 Å². The van der Waals surface area contributed by atoms with Crippen LogP contribution in [0.5, 0.6) is 0 Å². The minimum atomic E-state index is -3.97. The Balaban J connectivity index is 0.000000164. The summed E-state index contributed by atoms with van der Waals surface area (Å²) in [5.74, 6) is -1.44. The molecule has 0 amide bonds. The van der Waals surface area contributed by atoms with Gasteiger partial charge in [0.05, 0.1) is 4.90 Å². The first kappa shape index (κ1) is 16.0. The van der Waals surface area contributed by atoms with Crippen LogP contribution in [0.25, 0.3) is 0 Å². The zero-order valence-corrected chi connectivity index (χ0v) is 12.6. The predicted molar refractivity (Wildman–Crippen MR) is 71.4 cm³/mol. The highest BCUT2D eigenvalue weighted by molar-refractivity contribution is 7.90. The molecular formula is C11H8N2O7S2-2. The third kappa shape index (κ3) is 3.43. The topological polar surface area (TPSA) is 148 Å². The van der Waals surface area contributed by atoms with Gasteiger partial charge in [0.2, 0.25) is 0 Å². The molecule has 11 heteroatoms. The lowest BCUT2D eigenvalue weighted by atomic mass is 10.2. The zero-order valence-electron chi connectivity index (χ0n) is 11.0. The summed E-state index contributed by atoms with van der Waals surface area (Å²) < 4.78 is 52.9. The van der Waals surface area contributed by atoms with Crippen LogP contribution in [0.15, 0.2) is 49.8 Å². The summed E-state index contributed by atoms with van der Waals surface area (Å²) in [5, 5.41) is 21.3. The lowest BCUT2D eigenvalue weighted by Gasteiger charge is -2.12. The Morgan fingerprint density at radius 3 is 2.23 bits per heavy atom. The van der Waals surface area contributed by atoms with Crippen molar-refractivity contribution in [3.8, 4) is 0 Å². The number of nitrogens with zero attached hydrogens (tertiary/aromatic N) is 2. The molecule has 3 rings (SSSR count). The third-order valence-corrected chi connectivity index (χ3v) is 4.56. The van der Waals surface area contributed by atoms with Gasteiger partial charge >= 0.3 is 10.3 Å². The molecule has 118 valence electrons. The molecule has 2 aliphatic heterocycles. The molecule has 0 spiro atoms. The molecule has 0 aliphatic carbocycles. The SMILES string of the molecule is CC1=CC([O-])=NS(=O)(=O)O1.O=S1(=O)N=C([O-])c2ccccc21. The average molecular weight is 344 g/mol. The Hall–Kier alpha value is -2.40. The molecule has 0 bridgehead atoms. The van der Waals surface area contributed by atoms with Crippen LogP contribution < -0.4 is 10.2 Å². The fourth-order valence-corrected chi connectivity index (χ4v) is 3.38. The van der Waals surface area contributed by atoms with Crippen molar-refractivity contribution in [2.24, 2.45) is 8.80 Å². The first-order valence-corrected chi connectivity index (χ1v) is 8.42. The Bertz CT molecular complexity index is 912. The molecule has 22 heavy (non-hydrogen) atoms. The molecule has 0 atom stereocenters. The van der Waals surface area contributed by atoms with Crippen molar-refractivity contribution in [1.29, 1.82) is 0 Å². The number of rotatable bonds is 0. The van der Waals surface area contributed by atoms with Gasteiger partial charge in [-0.25, -0.2) is 0 Å². The maximum absolute atomic E-state index is 11.1. The molecule has 1 aromatic carbocycles. The molecular weight excluding hydrogens is 336 g/mol. The average Bonchev–Trinajstić information content (AvgIpc) is 2.58. The minimum absolute atomic E-state index is 0.00926. The Kier molecular flexibility index (Phi) is 3.94. The number of hydrogen-bond acceptors (Lipinski definition) is 7. The summed E-state index contributed by atoms with van der Waals surface area (Å²) >= 11 is 0.